The highest BCUT2D eigenvalue weighted by Gasteiger charge is 2.47. The molecule has 5 atom stereocenters. The van der Waals surface area contributed by atoms with Gasteiger partial charge in [-0.2, -0.15) is 0 Å². The van der Waals surface area contributed by atoms with Crippen molar-refractivity contribution in [3.05, 3.63) is 28.8 Å². The van der Waals surface area contributed by atoms with Gasteiger partial charge in [0.15, 0.2) is 6.10 Å². The van der Waals surface area contributed by atoms with Crippen LogP contribution in [0, 0.1) is 0 Å². The van der Waals surface area contributed by atoms with Gasteiger partial charge in [-0.25, -0.2) is 4.79 Å². The fourth-order valence-electron chi connectivity index (χ4n) is 3.82. The van der Waals surface area contributed by atoms with Crippen molar-refractivity contribution >= 4 is 17.6 Å². The predicted octanol–water partition coefficient (Wildman–Crippen LogP) is 1.37. The minimum Gasteiger partial charge on any atom is -0.489 e. The quantitative estimate of drug-likeness (QED) is 0.600. The zero-order chi connectivity index (χ0) is 21.1. The molecule has 0 unspecified atom stereocenters. The van der Waals surface area contributed by atoms with E-state index in [1.807, 2.05) is 0 Å². The average Bonchev–Trinajstić information content (AvgIpc) is 2.74. The molecule has 1 aliphatic carbocycles. The fourth-order valence-corrected chi connectivity index (χ4v) is 3.98. The monoisotopic (exact) mass is 430 g/mol. The number of halogens is 1. The van der Waals surface area contributed by atoms with Crippen LogP contribution in [0.4, 0.5) is 0 Å². The molecular formula is C20H27ClO8. The van der Waals surface area contributed by atoms with E-state index in [1.54, 1.807) is 25.3 Å². The van der Waals surface area contributed by atoms with Crippen molar-refractivity contribution < 1.29 is 39.1 Å². The van der Waals surface area contributed by atoms with Crippen molar-refractivity contribution in [3.8, 4) is 5.75 Å². The van der Waals surface area contributed by atoms with Crippen LogP contribution in [0.15, 0.2) is 18.2 Å². The molecule has 1 saturated heterocycles. The molecule has 3 rings (SSSR count). The molecule has 0 amide bonds. The molecule has 29 heavy (non-hydrogen) atoms. The number of carbonyl (C=O) groups is 1. The zero-order valence-electron chi connectivity index (χ0n) is 16.4. The van der Waals surface area contributed by atoms with Crippen LogP contribution < -0.4 is 4.74 Å². The number of ether oxygens (including phenoxy) is 4. The first-order valence-electron chi connectivity index (χ1n) is 9.62. The Morgan fingerprint density at radius 1 is 1.03 bits per heavy atom. The summed E-state index contributed by atoms with van der Waals surface area (Å²) in [5, 5.41) is 31.0. The van der Waals surface area contributed by atoms with Crippen LogP contribution in [0.5, 0.6) is 5.75 Å². The minimum absolute atomic E-state index is 0.0124. The van der Waals surface area contributed by atoms with Gasteiger partial charge in [0.1, 0.15) is 30.2 Å². The lowest BCUT2D eigenvalue weighted by Crippen LogP contribution is -2.56. The largest absolute Gasteiger partial charge is 0.489 e. The lowest BCUT2D eigenvalue weighted by molar-refractivity contribution is -0.231. The fraction of sp³-hybridized carbons (Fsp3) is 0.650. The van der Waals surface area contributed by atoms with Crippen molar-refractivity contribution in [3.63, 3.8) is 0 Å². The molecule has 3 N–H and O–H groups in total. The van der Waals surface area contributed by atoms with Gasteiger partial charge in [-0.15, -0.1) is 0 Å². The summed E-state index contributed by atoms with van der Waals surface area (Å²) < 4.78 is 21.6. The van der Waals surface area contributed by atoms with E-state index in [4.69, 9.17) is 25.8 Å². The molecule has 0 radical (unpaired) electrons. The highest BCUT2D eigenvalue weighted by molar-refractivity contribution is 6.32. The van der Waals surface area contributed by atoms with Crippen molar-refractivity contribution in [2.45, 2.75) is 68.4 Å². The molecule has 0 bridgehead atoms. The third kappa shape index (κ3) is 4.84. The molecule has 8 nitrogen and oxygen atoms in total. The van der Waals surface area contributed by atoms with Gasteiger partial charge in [-0.3, -0.25) is 0 Å². The number of benzene rings is 1. The second-order valence-corrected chi connectivity index (χ2v) is 7.82. The number of methoxy groups -OCH3 is 2. The summed E-state index contributed by atoms with van der Waals surface area (Å²) in [6.07, 6.45) is -3.44. The molecule has 2 fully saturated rings. The third-order valence-electron chi connectivity index (χ3n) is 5.58. The van der Waals surface area contributed by atoms with Gasteiger partial charge in [0.25, 0.3) is 0 Å². The van der Waals surface area contributed by atoms with Gasteiger partial charge in [0.05, 0.1) is 24.3 Å². The Hall–Kier alpha value is -1.42. The average molecular weight is 431 g/mol. The van der Waals surface area contributed by atoms with E-state index < -0.39 is 36.5 Å². The smallest absolute Gasteiger partial charge is 0.337 e. The molecule has 1 heterocycles. The summed E-state index contributed by atoms with van der Waals surface area (Å²) in [5.74, 6) is -0.412. The summed E-state index contributed by atoms with van der Waals surface area (Å²) in [5.41, 5.74) is 0.460. The minimum atomic E-state index is -1.60. The summed E-state index contributed by atoms with van der Waals surface area (Å²) in [4.78, 5) is 11.9. The number of rotatable bonds is 5. The zero-order valence-corrected chi connectivity index (χ0v) is 17.1. The first kappa shape index (κ1) is 22.3. The third-order valence-corrected chi connectivity index (χ3v) is 5.89. The van der Waals surface area contributed by atoms with E-state index in [9.17, 15) is 20.1 Å². The molecule has 1 aliphatic heterocycles. The number of hydrogen-bond acceptors (Lipinski definition) is 8. The van der Waals surface area contributed by atoms with Gasteiger partial charge in [0, 0.05) is 7.11 Å². The summed E-state index contributed by atoms with van der Waals surface area (Å²) in [6.45, 7) is 0. The summed E-state index contributed by atoms with van der Waals surface area (Å²) in [6, 6.07) is 4.84. The number of esters is 1. The Morgan fingerprint density at radius 2 is 1.69 bits per heavy atom. The van der Waals surface area contributed by atoms with Gasteiger partial charge in [-0.05, 0) is 43.4 Å². The predicted molar refractivity (Wildman–Crippen MR) is 103 cm³/mol. The standard InChI is InChI=1S/C20H27ClO8/c1-26-11-4-6-12(7-5-11)28-14-9-10(3-8-13(14)21)18-16(23)15(22)17(24)19(29-18)20(25)27-2/h3,8-9,11-12,15-19,22-24H,4-7H2,1-2H3/t11?,12?,15-,16-,17+,18+,19-/m1/s1. The normalized spacial score (nSPS) is 35.2. The topological polar surface area (TPSA) is 115 Å². The number of carbonyl (C=O) groups excluding carboxylic acids is 1. The molecule has 0 aromatic heterocycles. The van der Waals surface area contributed by atoms with Crippen LogP contribution in [-0.4, -0.2) is 72.1 Å². The molecule has 2 aliphatic rings. The Labute approximate surface area is 174 Å². The molecule has 0 spiro atoms. The number of hydrogen-bond donors (Lipinski definition) is 3. The van der Waals surface area contributed by atoms with Gasteiger partial charge >= 0.3 is 5.97 Å². The van der Waals surface area contributed by atoms with Crippen LogP contribution in [0.3, 0.4) is 0 Å². The maximum absolute atomic E-state index is 11.9. The molecule has 1 aromatic rings. The van der Waals surface area contributed by atoms with Crippen molar-refractivity contribution in [1.82, 2.24) is 0 Å². The van der Waals surface area contributed by atoms with E-state index in [0.29, 0.717) is 16.3 Å². The van der Waals surface area contributed by atoms with Gasteiger partial charge < -0.3 is 34.3 Å². The van der Waals surface area contributed by atoms with Crippen molar-refractivity contribution in [2.75, 3.05) is 14.2 Å². The van der Waals surface area contributed by atoms with Crippen molar-refractivity contribution in [2.24, 2.45) is 0 Å². The Balaban J connectivity index is 1.78. The van der Waals surface area contributed by atoms with Crippen LogP contribution in [0.2, 0.25) is 5.02 Å². The Kier molecular flexibility index (Phi) is 7.37. The van der Waals surface area contributed by atoms with Crippen LogP contribution >= 0.6 is 11.6 Å². The first-order valence-corrected chi connectivity index (χ1v) is 9.99. The molecule has 9 heteroatoms. The van der Waals surface area contributed by atoms with E-state index in [2.05, 4.69) is 4.74 Å². The molecule has 1 saturated carbocycles. The highest BCUT2D eigenvalue weighted by Crippen LogP contribution is 2.37. The lowest BCUT2D eigenvalue weighted by Gasteiger charge is -2.39. The van der Waals surface area contributed by atoms with Gasteiger partial charge in [-0.1, -0.05) is 17.7 Å². The lowest BCUT2D eigenvalue weighted by atomic mass is 9.91. The molecule has 162 valence electrons. The van der Waals surface area contributed by atoms with Gasteiger partial charge in [0.2, 0.25) is 0 Å². The number of aliphatic hydroxyl groups is 3. The van der Waals surface area contributed by atoms with Crippen LogP contribution in [0.1, 0.15) is 37.4 Å². The summed E-state index contributed by atoms with van der Waals surface area (Å²) in [7, 11) is 2.85. The second kappa shape index (κ2) is 9.59. The van der Waals surface area contributed by atoms with E-state index in [-0.39, 0.29) is 12.2 Å². The highest BCUT2D eigenvalue weighted by atomic mass is 35.5. The Bertz CT molecular complexity index is 706. The first-order chi connectivity index (χ1) is 13.8. The SMILES string of the molecule is COC(=O)[C@@H]1O[C@@H](c2ccc(Cl)c(OC3CCC(OC)CC3)c2)[C@H](O)[C@@H](O)[C@@H]1O. The summed E-state index contributed by atoms with van der Waals surface area (Å²) >= 11 is 6.28. The number of aliphatic hydroxyl groups excluding tert-OH is 3. The molecule has 1 aromatic carbocycles. The second-order valence-electron chi connectivity index (χ2n) is 7.41. The maximum Gasteiger partial charge on any atom is 0.337 e. The van der Waals surface area contributed by atoms with Crippen molar-refractivity contribution in [1.29, 1.82) is 0 Å². The van der Waals surface area contributed by atoms with Crippen LogP contribution in [-0.2, 0) is 19.0 Å². The Morgan fingerprint density at radius 3 is 2.31 bits per heavy atom. The maximum atomic E-state index is 11.9. The van der Waals surface area contributed by atoms with Crippen LogP contribution in [0.25, 0.3) is 0 Å². The van der Waals surface area contributed by atoms with E-state index >= 15 is 0 Å². The molecular weight excluding hydrogens is 404 g/mol. The van der Waals surface area contributed by atoms with E-state index in [0.717, 1.165) is 32.8 Å². The van der Waals surface area contributed by atoms with E-state index in [1.165, 1.54) is 0 Å².